The summed E-state index contributed by atoms with van der Waals surface area (Å²) in [6.07, 6.45) is -5.41. The summed E-state index contributed by atoms with van der Waals surface area (Å²) in [5.74, 6) is 0.569. The van der Waals surface area contributed by atoms with Crippen LogP contribution in [-0.2, 0) is 0 Å². The fourth-order valence-corrected chi connectivity index (χ4v) is 2.67. The topological polar surface area (TPSA) is 40.0 Å². The molecule has 0 aliphatic carbocycles. The Bertz CT molecular complexity index is 1030. The van der Waals surface area contributed by atoms with Crippen molar-refractivity contribution in [2.24, 2.45) is 4.99 Å². The van der Waals surface area contributed by atoms with E-state index >= 15 is 0 Å². The van der Waals surface area contributed by atoms with Gasteiger partial charge in [-0.1, -0.05) is 41.5 Å². The molecular formula is C24H22F3NO3. The summed E-state index contributed by atoms with van der Waals surface area (Å²) in [5.41, 5.74) is 2.79. The van der Waals surface area contributed by atoms with E-state index in [-0.39, 0.29) is 17.4 Å². The van der Waals surface area contributed by atoms with Crippen LogP contribution in [0.1, 0.15) is 18.1 Å². The second-order valence-electron chi connectivity index (χ2n) is 6.98. The summed E-state index contributed by atoms with van der Waals surface area (Å²) in [6.45, 7) is 5.68. The Morgan fingerprint density at radius 3 is 2.00 bits per heavy atom. The molecule has 0 aliphatic rings. The molecule has 0 fully saturated rings. The van der Waals surface area contributed by atoms with Gasteiger partial charge in [0.15, 0.2) is 6.10 Å². The normalized spacial score (nSPS) is 12.9. The van der Waals surface area contributed by atoms with Gasteiger partial charge in [-0.2, -0.15) is 0 Å². The third-order valence-corrected chi connectivity index (χ3v) is 4.22. The zero-order valence-electron chi connectivity index (χ0n) is 17.3. The molecule has 0 radical (unpaired) electrons. The van der Waals surface area contributed by atoms with Crippen LogP contribution in [0, 0.1) is 13.8 Å². The van der Waals surface area contributed by atoms with Gasteiger partial charge in [-0.05, 0) is 57.2 Å². The van der Waals surface area contributed by atoms with E-state index in [1.54, 1.807) is 6.92 Å². The van der Waals surface area contributed by atoms with Crippen LogP contribution in [0.2, 0.25) is 0 Å². The van der Waals surface area contributed by atoms with Gasteiger partial charge in [0.1, 0.15) is 17.2 Å². The highest BCUT2D eigenvalue weighted by Gasteiger charge is 2.31. The van der Waals surface area contributed by atoms with Gasteiger partial charge < -0.3 is 14.2 Å². The zero-order valence-corrected chi connectivity index (χ0v) is 17.3. The number of nitrogens with zero attached hydrogens (tertiary/aromatic N) is 1. The lowest BCUT2D eigenvalue weighted by Gasteiger charge is -2.18. The molecule has 0 aliphatic heterocycles. The van der Waals surface area contributed by atoms with Gasteiger partial charge in [0.25, 0.3) is 0 Å². The van der Waals surface area contributed by atoms with E-state index in [1.807, 2.05) is 62.4 Å². The van der Waals surface area contributed by atoms with Crippen molar-refractivity contribution in [3.63, 3.8) is 0 Å². The molecule has 0 saturated heterocycles. The number of aryl methyl sites for hydroxylation is 2. The highest BCUT2D eigenvalue weighted by molar-refractivity contribution is 5.85. The summed E-state index contributed by atoms with van der Waals surface area (Å²) in [5, 5.41) is 0. The number of hydrogen-bond donors (Lipinski definition) is 0. The Hall–Kier alpha value is -3.48. The van der Waals surface area contributed by atoms with E-state index in [4.69, 9.17) is 9.47 Å². The molecule has 0 bridgehead atoms. The van der Waals surface area contributed by atoms with Crippen molar-refractivity contribution >= 4 is 11.6 Å². The maximum absolute atomic E-state index is 12.5. The number of benzene rings is 3. The van der Waals surface area contributed by atoms with E-state index in [9.17, 15) is 13.2 Å². The van der Waals surface area contributed by atoms with Crippen LogP contribution in [0.4, 0.5) is 18.9 Å². The molecule has 0 spiro atoms. The lowest BCUT2D eigenvalue weighted by Crippen LogP contribution is -2.28. The van der Waals surface area contributed by atoms with Crippen molar-refractivity contribution in [2.75, 3.05) is 0 Å². The summed E-state index contributed by atoms with van der Waals surface area (Å²) in [7, 11) is 0. The van der Waals surface area contributed by atoms with Crippen molar-refractivity contribution in [3.8, 4) is 17.2 Å². The molecule has 0 heterocycles. The number of ether oxygens (including phenoxy) is 3. The summed E-state index contributed by atoms with van der Waals surface area (Å²) < 4.78 is 53.4. The average Bonchev–Trinajstić information content (AvgIpc) is 2.70. The lowest BCUT2D eigenvalue weighted by molar-refractivity contribution is -0.274. The second kappa shape index (κ2) is 9.55. The van der Waals surface area contributed by atoms with Crippen LogP contribution in [0.5, 0.6) is 17.2 Å². The third-order valence-electron chi connectivity index (χ3n) is 4.22. The molecule has 3 rings (SSSR count). The highest BCUT2D eigenvalue weighted by atomic mass is 19.4. The van der Waals surface area contributed by atoms with Crippen molar-refractivity contribution in [1.82, 2.24) is 0 Å². The second-order valence-corrected chi connectivity index (χ2v) is 6.98. The monoisotopic (exact) mass is 429 g/mol. The minimum Gasteiger partial charge on any atom is -0.481 e. The Morgan fingerprint density at radius 1 is 0.806 bits per heavy atom. The number of hydrogen-bond acceptors (Lipinski definition) is 4. The van der Waals surface area contributed by atoms with Crippen molar-refractivity contribution < 1.29 is 27.4 Å². The number of aliphatic imine (C=N–C) groups is 1. The number of halogens is 3. The molecule has 4 nitrogen and oxygen atoms in total. The maximum Gasteiger partial charge on any atom is 0.573 e. The van der Waals surface area contributed by atoms with Gasteiger partial charge in [0.2, 0.25) is 5.90 Å². The van der Waals surface area contributed by atoms with E-state index < -0.39 is 12.5 Å². The SMILES string of the molecule is Cc1ccc(N=C(Oc2cccc(OC(F)(F)F)c2)C(C)Oc2ccc(C)cc2)cc1. The molecule has 31 heavy (non-hydrogen) atoms. The molecule has 1 atom stereocenters. The first-order valence-electron chi connectivity index (χ1n) is 9.60. The molecular weight excluding hydrogens is 407 g/mol. The van der Waals surface area contributed by atoms with Crippen LogP contribution in [0.3, 0.4) is 0 Å². The Labute approximate surface area is 178 Å². The van der Waals surface area contributed by atoms with Crippen LogP contribution < -0.4 is 14.2 Å². The van der Waals surface area contributed by atoms with Crippen LogP contribution in [0.15, 0.2) is 77.8 Å². The number of alkyl halides is 3. The van der Waals surface area contributed by atoms with Crippen LogP contribution in [-0.4, -0.2) is 18.4 Å². The maximum atomic E-state index is 12.5. The third kappa shape index (κ3) is 7.06. The van der Waals surface area contributed by atoms with E-state index in [2.05, 4.69) is 9.73 Å². The predicted octanol–water partition coefficient (Wildman–Crippen LogP) is 6.78. The molecule has 3 aromatic rings. The predicted molar refractivity (Wildman–Crippen MR) is 113 cm³/mol. The first-order valence-corrected chi connectivity index (χ1v) is 9.60. The summed E-state index contributed by atoms with van der Waals surface area (Å²) in [6, 6.07) is 20.2. The fourth-order valence-electron chi connectivity index (χ4n) is 2.67. The fraction of sp³-hybridized carbons (Fsp3) is 0.208. The van der Waals surface area contributed by atoms with Gasteiger partial charge in [-0.25, -0.2) is 4.99 Å². The van der Waals surface area contributed by atoms with Crippen molar-refractivity contribution in [3.05, 3.63) is 83.9 Å². The summed E-state index contributed by atoms with van der Waals surface area (Å²) >= 11 is 0. The lowest BCUT2D eigenvalue weighted by atomic mass is 10.2. The Kier molecular flexibility index (Phi) is 6.84. The first-order chi connectivity index (χ1) is 14.7. The number of rotatable bonds is 6. The minimum atomic E-state index is -4.79. The molecule has 3 aromatic carbocycles. The molecule has 0 saturated carbocycles. The smallest absolute Gasteiger partial charge is 0.481 e. The minimum absolute atomic E-state index is 0.145. The molecule has 7 heteroatoms. The van der Waals surface area contributed by atoms with Gasteiger partial charge in [-0.15, -0.1) is 13.2 Å². The Balaban J connectivity index is 1.87. The first kappa shape index (κ1) is 22.2. The van der Waals surface area contributed by atoms with E-state index in [1.165, 1.54) is 18.2 Å². The quantitative estimate of drug-likeness (QED) is 0.320. The molecule has 0 amide bonds. The molecule has 1 unspecified atom stereocenters. The van der Waals surface area contributed by atoms with Gasteiger partial charge in [0, 0.05) is 6.07 Å². The van der Waals surface area contributed by atoms with E-state index in [0.29, 0.717) is 11.4 Å². The van der Waals surface area contributed by atoms with Crippen molar-refractivity contribution in [1.29, 1.82) is 0 Å². The van der Waals surface area contributed by atoms with Gasteiger partial charge in [0.05, 0.1) is 5.69 Å². The molecule has 0 N–H and O–H groups in total. The highest BCUT2D eigenvalue weighted by Crippen LogP contribution is 2.27. The van der Waals surface area contributed by atoms with Gasteiger partial charge >= 0.3 is 6.36 Å². The average molecular weight is 429 g/mol. The van der Waals surface area contributed by atoms with Crippen molar-refractivity contribution in [2.45, 2.75) is 33.2 Å². The largest absolute Gasteiger partial charge is 0.573 e. The Morgan fingerprint density at radius 2 is 1.39 bits per heavy atom. The van der Waals surface area contributed by atoms with Gasteiger partial charge in [-0.3, -0.25) is 0 Å². The standard InChI is InChI=1S/C24H22F3NO3/c1-16-7-11-19(12-8-16)28-23(18(3)29-20-13-9-17(2)10-14-20)30-21-5-4-6-22(15-21)31-24(25,26)27/h4-15,18H,1-3H3. The summed E-state index contributed by atoms with van der Waals surface area (Å²) in [4.78, 5) is 4.52. The molecule has 0 aromatic heterocycles. The molecule has 162 valence electrons. The van der Waals surface area contributed by atoms with Crippen LogP contribution in [0.25, 0.3) is 0 Å². The zero-order chi connectivity index (χ0) is 22.4. The van der Waals surface area contributed by atoms with E-state index in [0.717, 1.165) is 17.2 Å². The van der Waals surface area contributed by atoms with Crippen LogP contribution >= 0.6 is 0 Å².